The van der Waals surface area contributed by atoms with Gasteiger partial charge in [-0.05, 0) is 36.8 Å². The van der Waals surface area contributed by atoms with Gasteiger partial charge in [0, 0.05) is 33.8 Å². The van der Waals surface area contributed by atoms with E-state index in [1.165, 1.54) is 25.0 Å². The third kappa shape index (κ3) is 7.00. The highest BCUT2D eigenvalue weighted by Crippen LogP contribution is 2.32. The Hall–Kier alpha value is -3.48. The fourth-order valence-electron chi connectivity index (χ4n) is 2.89. The van der Waals surface area contributed by atoms with E-state index in [1.54, 1.807) is 29.6 Å². The first-order chi connectivity index (χ1) is 15.4. The number of halogens is 3. The summed E-state index contributed by atoms with van der Waals surface area (Å²) in [6.07, 6.45) is 1.31. The topological polar surface area (TPSA) is 118 Å². The lowest BCUT2D eigenvalue weighted by Gasteiger charge is -2.14. The van der Waals surface area contributed by atoms with E-state index in [-0.39, 0.29) is 5.88 Å². The first-order valence-electron chi connectivity index (χ1n) is 9.52. The van der Waals surface area contributed by atoms with Gasteiger partial charge >= 0.3 is 6.18 Å². The van der Waals surface area contributed by atoms with Crippen LogP contribution in [0.25, 0.3) is 10.9 Å². The number of amides is 1. The highest BCUT2D eigenvalue weighted by atomic mass is 32.2. The Balaban J connectivity index is 1.85. The first-order valence-corrected chi connectivity index (χ1v) is 11.9. The molecule has 0 atom stereocenters. The van der Waals surface area contributed by atoms with E-state index in [0.29, 0.717) is 28.1 Å². The molecule has 0 aliphatic heterocycles. The van der Waals surface area contributed by atoms with Crippen molar-refractivity contribution in [2.75, 3.05) is 31.0 Å². The van der Waals surface area contributed by atoms with Crippen LogP contribution in [0.4, 0.5) is 30.4 Å². The van der Waals surface area contributed by atoms with E-state index >= 15 is 0 Å². The number of pyridine rings is 1. The molecule has 1 aromatic carbocycles. The second-order valence-corrected chi connectivity index (χ2v) is 9.86. The van der Waals surface area contributed by atoms with Crippen LogP contribution in [0, 0.1) is 6.92 Å². The number of hydrogen-bond acceptors (Lipinski definition) is 8. The molecule has 0 aliphatic rings. The van der Waals surface area contributed by atoms with Crippen LogP contribution < -0.4 is 15.4 Å². The second kappa shape index (κ2) is 9.57. The molecule has 2 N–H and O–H groups in total. The number of hydrogen-bond donors (Lipinski definition) is 2. The molecule has 3 aromatic rings. The molecule has 0 bridgehead atoms. The summed E-state index contributed by atoms with van der Waals surface area (Å²) in [6, 6.07) is 6.68. The van der Waals surface area contributed by atoms with Crippen molar-refractivity contribution in [3.63, 3.8) is 0 Å². The van der Waals surface area contributed by atoms with Crippen LogP contribution in [0.15, 0.2) is 41.2 Å². The lowest BCUT2D eigenvalue weighted by Crippen LogP contribution is -2.36. The van der Waals surface area contributed by atoms with Crippen LogP contribution in [0.2, 0.25) is 0 Å². The van der Waals surface area contributed by atoms with Crippen LogP contribution in [-0.2, 0) is 14.5 Å². The zero-order valence-electron chi connectivity index (χ0n) is 17.9. The Labute approximate surface area is 188 Å². The maximum Gasteiger partial charge on any atom is 0.405 e. The molecule has 0 aliphatic carbocycles. The summed E-state index contributed by atoms with van der Waals surface area (Å²) in [4.78, 5) is 24.2. The normalized spacial score (nSPS) is 11.8. The Bertz CT molecular complexity index is 1300. The number of aromatic nitrogens is 3. The molecule has 0 fully saturated rings. The molecule has 0 spiro atoms. The van der Waals surface area contributed by atoms with Gasteiger partial charge in [-0.15, -0.1) is 0 Å². The van der Waals surface area contributed by atoms with Crippen LogP contribution in [0.3, 0.4) is 0 Å². The predicted octanol–water partition coefficient (Wildman–Crippen LogP) is 3.49. The van der Waals surface area contributed by atoms with Crippen molar-refractivity contribution in [2.24, 2.45) is 4.36 Å². The first kappa shape index (κ1) is 24.2. The van der Waals surface area contributed by atoms with Crippen LogP contribution >= 0.6 is 0 Å². The third-order valence-electron chi connectivity index (χ3n) is 4.10. The summed E-state index contributed by atoms with van der Waals surface area (Å²) in [5, 5.41) is 5.47. The van der Waals surface area contributed by atoms with Crippen LogP contribution in [0.1, 0.15) is 5.56 Å². The minimum atomic E-state index is -4.52. The Morgan fingerprint density at radius 2 is 1.97 bits per heavy atom. The van der Waals surface area contributed by atoms with Crippen molar-refractivity contribution in [1.82, 2.24) is 20.3 Å². The molecule has 33 heavy (non-hydrogen) atoms. The largest absolute Gasteiger partial charge is 0.466 e. The second-order valence-electron chi connectivity index (χ2n) is 7.31. The van der Waals surface area contributed by atoms with Crippen molar-refractivity contribution in [3.05, 3.63) is 42.4 Å². The molecule has 2 aromatic heterocycles. The Morgan fingerprint density at radius 1 is 1.21 bits per heavy atom. The standard InChI is InChI=1S/C20H21F3N6O3S/c1-12-7-13(29-33(2,3)31)8-15-17(12)18(27-11-26-15)28-14-5-4-6-24-19(14)32-9-16(30)25-10-20(21,22)23/h4-8,11H,9-10H2,1-3H3,(H,25,30)(H,26,27,28). The summed E-state index contributed by atoms with van der Waals surface area (Å²) >= 11 is 0. The summed E-state index contributed by atoms with van der Waals surface area (Å²) in [6.45, 7) is -0.272. The predicted molar refractivity (Wildman–Crippen MR) is 118 cm³/mol. The van der Waals surface area contributed by atoms with Gasteiger partial charge in [-0.3, -0.25) is 4.79 Å². The number of carbonyl (C=O) groups is 1. The average Bonchev–Trinajstić information content (AvgIpc) is 2.69. The number of rotatable bonds is 7. The quantitative estimate of drug-likeness (QED) is 0.529. The number of nitrogens with one attached hydrogen (secondary N) is 2. The molecule has 9 nitrogen and oxygen atoms in total. The smallest absolute Gasteiger partial charge is 0.405 e. The van der Waals surface area contributed by atoms with Gasteiger partial charge in [-0.2, -0.15) is 17.5 Å². The molecule has 176 valence electrons. The minimum Gasteiger partial charge on any atom is -0.466 e. The van der Waals surface area contributed by atoms with E-state index in [9.17, 15) is 22.2 Å². The lowest BCUT2D eigenvalue weighted by molar-refractivity contribution is -0.139. The van der Waals surface area contributed by atoms with Crippen molar-refractivity contribution in [2.45, 2.75) is 13.1 Å². The van der Waals surface area contributed by atoms with E-state index < -0.39 is 35.0 Å². The molecule has 0 unspecified atom stereocenters. The molecule has 0 saturated heterocycles. The fraction of sp³-hybridized carbons (Fsp3) is 0.300. The van der Waals surface area contributed by atoms with Crippen molar-refractivity contribution < 1.29 is 26.9 Å². The maximum atomic E-state index is 12.2. The van der Waals surface area contributed by atoms with Gasteiger partial charge < -0.3 is 15.4 Å². The number of fused-ring (bicyclic) bond motifs is 1. The van der Waals surface area contributed by atoms with Gasteiger partial charge in [0.25, 0.3) is 5.91 Å². The average molecular weight is 482 g/mol. The zero-order valence-corrected chi connectivity index (χ0v) is 18.8. The molecular formula is C20H21F3N6O3S. The van der Waals surface area contributed by atoms with Gasteiger partial charge in [0.15, 0.2) is 6.61 Å². The molecule has 3 rings (SSSR count). The van der Waals surface area contributed by atoms with Gasteiger partial charge in [0.05, 0.1) is 11.2 Å². The summed E-state index contributed by atoms with van der Waals surface area (Å²) in [5.41, 5.74) is 2.21. The molecule has 0 saturated carbocycles. The Morgan fingerprint density at radius 3 is 2.67 bits per heavy atom. The molecule has 0 radical (unpaired) electrons. The number of ether oxygens (including phenoxy) is 1. The van der Waals surface area contributed by atoms with Gasteiger partial charge in [-0.1, -0.05) is 0 Å². The highest BCUT2D eigenvalue weighted by molar-refractivity contribution is 7.92. The van der Waals surface area contributed by atoms with Crippen molar-refractivity contribution in [1.29, 1.82) is 0 Å². The minimum absolute atomic E-state index is 0.00685. The number of anilines is 2. The van der Waals surface area contributed by atoms with E-state index in [1.807, 2.05) is 6.92 Å². The molecule has 13 heteroatoms. The molecular weight excluding hydrogens is 461 g/mol. The number of carbonyl (C=O) groups excluding carboxylic acids is 1. The van der Waals surface area contributed by atoms with Gasteiger partial charge in [-0.25, -0.2) is 19.2 Å². The number of benzene rings is 1. The summed E-state index contributed by atoms with van der Waals surface area (Å²) in [5.74, 6) is -0.517. The fourth-order valence-corrected chi connectivity index (χ4v) is 3.50. The SMILES string of the molecule is Cc1cc(N=S(C)(C)=O)cc2ncnc(Nc3cccnc3OCC(=O)NCC(F)(F)F)c12. The summed E-state index contributed by atoms with van der Waals surface area (Å²) < 4.78 is 58.3. The van der Waals surface area contributed by atoms with E-state index in [4.69, 9.17) is 4.74 Å². The molecule has 1 amide bonds. The monoisotopic (exact) mass is 482 g/mol. The van der Waals surface area contributed by atoms with Crippen molar-refractivity contribution >= 4 is 43.7 Å². The summed E-state index contributed by atoms with van der Waals surface area (Å²) in [7, 11) is -2.36. The van der Waals surface area contributed by atoms with Gasteiger partial charge in [0.2, 0.25) is 5.88 Å². The number of alkyl halides is 3. The lowest BCUT2D eigenvalue weighted by atomic mass is 10.1. The van der Waals surface area contributed by atoms with Gasteiger partial charge in [0.1, 0.15) is 24.4 Å². The van der Waals surface area contributed by atoms with Crippen LogP contribution in [-0.4, -0.2) is 56.9 Å². The highest BCUT2D eigenvalue weighted by Gasteiger charge is 2.27. The van der Waals surface area contributed by atoms with E-state index in [0.717, 1.165) is 5.56 Å². The number of nitrogens with zero attached hydrogens (tertiary/aromatic N) is 4. The van der Waals surface area contributed by atoms with Crippen molar-refractivity contribution in [3.8, 4) is 5.88 Å². The Kier molecular flexibility index (Phi) is 7.01. The van der Waals surface area contributed by atoms with E-state index in [2.05, 4.69) is 24.6 Å². The zero-order chi connectivity index (χ0) is 24.2. The van der Waals surface area contributed by atoms with Crippen LogP contribution in [0.5, 0.6) is 5.88 Å². The maximum absolute atomic E-state index is 12.2. The number of aryl methyl sites for hydroxylation is 1. The third-order valence-corrected chi connectivity index (χ3v) is 4.75. The molecule has 2 heterocycles.